The molecule has 3 unspecified atom stereocenters. The maximum Gasteiger partial charge on any atom is 0.230 e. The molecule has 0 spiro atoms. The highest BCUT2D eigenvalue weighted by molar-refractivity contribution is 5.92. The Labute approximate surface area is 161 Å². The Morgan fingerprint density at radius 2 is 2.00 bits per heavy atom. The summed E-state index contributed by atoms with van der Waals surface area (Å²) in [6, 6.07) is 5.33. The summed E-state index contributed by atoms with van der Waals surface area (Å²) in [7, 11) is 0. The largest absolute Gasteiger partial charge is 0.342 e. The van der Waals surface area contributed by atoms with Crippen molar-refractivity contribution < 1.29 is 9.59 Å². The third-order valence-corrected chi connectivity index (χ3v) is 4.42. The van der Waals surface area contributed by atoms with E-state index in [2.05, 4.69) is 10.3 Å². The van der Waals surface area contributed by atoms with Crippen LogP contribution in [0.15, 0.2) is 18.2 Å². The molecule has 25 heavy (non-hydrogen) atoms. The van der Waals surface area contributed by atoms with Gasteiger partial charge < -0.3 is 16.0 Å². The van der Waals surface area contributed by atoms with Crippen molar-refractivity contribution in [1.29, 1.82) is 0 Å². The van der Waals surface area contributed by atoms with Crippen LogP contribution in [0.4, 0.5) is 5.82 Å². The highest BCUT2D eigenvalue weighted by atomic mass is 35.5. The van der Waals surface area contributed by atoms with Gasteiger partial charge in [0.1, 0.15) is 5.82 Å². The van der Waals surface area contributed by atoms with Crippen LogP contribution in [0, 0.1) is 18.8 Å². The van der Waals surface area contributed by atoms with Crippen molar-refractivity contribution in [2.75, 3.05) is 18.4 Å². The number of piperidine rings is 1. The molecule has 2 amide bonds. The number of nitrogens with two attached hydrogens (primary N) is 1. The zero-order valence-corrected chi connectivity index (χ0v) is 16.5. The number of carbonyl (C=O) groups is 2. The lowest BCUT2D eigenvalue weighted by molar-refractivity contribution is -0.138. The first-order chi connectivity index (χ1) is 10.9. The fraction of sp³-hybridized carbons (Fsp3) is 0.588. The summed E-state index contributed by atoms with van der Waals surface area (Å²) >= 11 is 0. The maximum atomic E-state index is 12.4. The number of aryl methyl sites for hydroxylation is 1. The van der Waals surface area contributed by atoms with E-state index in [1.165, 1.54) is 0 Å². The van der Waals surface area contributed by atoms with Gasteiger partial charge in [0.25, 0.3) is 0 Å². The molecule has 0 radical (unpaired) electrons. The Hall–Kier alpha value is -1.37. The van der Waals surface area contributed by atoms with Gasteiger partial charge in [0.15, 0.2) is 0 Å². The van der Waals surface area contributed by atoms with Crippen molar-refractivity contribution in [3.63, 3.8) is 0 Å². The van der Waals surface area contributed by atoms with Gasteiger partial charge in [0.05, 0.1) is 11.8 Å². The first kappa shape index (κ1) is 23.6. The predicted octanol–water partition coefficient (Wildman–Crippen LogP) is 2.39. The highest BCUT2D eigenvalue weighted by Gasteiger charge is 2.31. The summed E-state index contributed by atoms with van der Waals surface area (Å²) in [5.74, 6) is 0.0909. The third kappa shape index (κ3) is 6.45. The van der Waals surface area contributed by atoms with E-state index in [9.17, 15) is 9.59 Å². The lowest BCUT2D eigenvalue weighted by Gasteiger charge is -2.34. The second-order valence-corrected chi connectivity index (χ2v) is 6.42. The molecule has 3 atom stereocenters. The molecule has 6 nitrogen and oxygen atoms in total. The van der Waals surface area contributed by atoms with Crippen molar-refractivity contribution >= 4 is 42.4 Å². The number of pyridine rings is 1. The topological polar surface area (TPSA) is 88.3 Å². The fourth-order valence-corrected chi connectivity index (χ4v) is 2.75. The molecule has 0 aromatic carbocycles. The highest BCUT2D eigenvalue weighted by Crippen LogP contribution is 2.20. The molecule has 0 saturated carbocycles. The van der Waals surface area contributed by atoms with Gasteiger partial charge in [0.2, 0.25) is 11.8 Å². The van der Waals surface area contributed by atoms with Crippen molar-refractivity contribution in [1.82, 2.24) is 9.88 Å². The van der Waals surface area contributed by atoms with Gasteiger partial charge in [-0.1, -0.05) is 13.0 Å². The van der Waals surface area contributed by atoms with Crippen LogP contribution in [0.1, 0.15) is 32.4 Å². The third-order valence-electron chi connectivity index (χ3n) is 4.42. The standard InChI is InChI=1S/C17H26N4O2.2ClH/c1-11-6-4-8-15(19-11)20-16(22)14-7-5-9-21(10-14)17(23)12(2)13(3)18;;/h4,6,8,12-14H,5,7,9-10,18H2,1-3H3,(H,19,20,22);2*1H. The second-order valence-electron chi connectivity index (χ2n) is 6.42. The lowest BCUT2D eigenvalue weighted by Crippen LogP contribution is -2.48. The van der Waals surface area contributed by atoms with E-state index in [0.717, 1.165) is 18.5 Å². The number of anilines is 1. The molecule has 8 heteroatoms. The van der Waals surface area contributed by atoms with E-state index in [1.807, 2.05) is 32.9 Å². The molecule has 1 aliphatic heterocycles. The number of amides is 2. The number of likely N-dealkylation sites (tertiary alicyclic amines) is 1. The molecule has 3 N–H and O–H groups in total. The number of halogens is 2. The average Bonchev–Trinajstić information content (AvgIpc) is 2.53. The van der Waals surface area contributed by atoms with E-state index >= 15 is 0 Å². The molecule has 142 valence electrons. The van der Waals surface area contributed by atoms with Crippen LogP contribution in [0.25, 0.3) is 0 Å². The zero-order valence-electron chi connectivity index (χ0n) is 14.9. The van der Waals surface area contributed by atoms with E-state index in [1.54, 1.807) is 11.0 Å². The van der Waals surface area contributed by atoms with Crippen LogP contribution >= 0.6 is 24.8 Å². The van der Waals surface area contributed by atoms with Gasteiger partial charge in [-0.05, 0) is 38.8 Å². The van der Waals surface area contributed by atoms with Gasteiger partial charge in [-0.15, -0.1) is 24.8 Å². The van der Waals surface area contributed by atoms with Crippen LogP contribution in [-0.4, -0.2) is 40.8 Å². The molecular formula is C17H28Cl2N4O2. The number of carbonyl (C=O) groups excluding carboxylic acids is 2. The quantitative estimate of drug-likeness (QED) is 0.825. The average molecular weight is 391 g/mol. The van der Waals surface area contributed by atoms with Crippen LogP contribution in [0.5, 0.6) is 0 Å². The number of nitrogens with one attached hydrogen (secondary N) is 1. The Kier molecular flexibility index (Phi) is 10.0. The Balaban J connectivity index is 0.00000288. The molecule has 1 fully saturated rings. The van der Waals surface area contributed by atoms with E-state index in [-0.39, 0.29) is 54.5 Å². The van der Waals surface area contributed by atoms with Gasteiger partial charge in [-0.3, -0.25) is 9.59 Å². The first-order valence-corrected chi connectivity index (χ1v) is 8.17. The lowest BCUT2D eigenvalue weighted by atomic mass is 9.94. The number of hydrogen-bond donors (Lipinski definition) is 2. The molecule has 1 aliphatic rings. The summed E-state index contributed by atoms with van der Waals surface area (Å²) in [6.07, 6.45) is 1.62. The fourth-order valence-electron chi connectivity index (χ4n) is 2.75. The Bertz CT molecular complexity index is 584. The molecular weight excluding hydrogens is 363 g/mol. The minimum absolute atomic E-state index is 0. The smallest absolute Gasteiger partial charge is 0.230 e. The predicted molar refractivity (Wildman–Crippen MR) is 104 cm³/mol. The molecule has 1 aromatic rings. The summed E-state index contributed by atoms with van der Waals surface area (Å²) in [5.41, 5.74) is 6.67. The summed E-state index contributed by atoms with van der Waals surface area (Å²) in [5, 5.41) is 2.85. The Morgan fingerprint density at radius 3 is 2.60 bits per heavy atom. The van der Waals surface area contributed by atoms with Crippen LogP contribution in [-0.2, 0) is 9.59 Å². The van der Waals surface area contributed by atoms with E-state index in [0.29, 0.717) is 18.9 Å². The first-order valence-electron chi connectivity index (χ1n) is 8.17. The van der Waals surface area contributed by atoms with Crippen LogP contribution < -0.4 is 11.1 Å². The molecule has 0 aliphatic carbocycles. The summed E-state index contributed by atoms with van der Waals surface area (Å²) in [4.78, 5) is 30.9. The minimum Gasteiger partial charge on any atom is -0.342 e. The van der Waals surface area contributed by atoms with Crippen LogP contribution in [0.2, 0.25) is 0 Å². The molecule has 2 rings (SSSR count). The van der Waals surface area contributed by atoms with Gasteiger partial charge in [-0.2, -0.15) is 0 Å². The second kappa shape index (κ2) is 10.6. The molecule has 1 saturated heterocycles. The molecule has 2 heterocycles. The van der Waals surface area contributed by atoms with E-state index < -0.39 is 0 Å². The number of nitrogens with zero attached hydrogens (tertiary/aromatic N) is 2. The van der Waals surface area contributed by atoms with E-state index in [4.69, 9.17) is 5.73 Å². The summed E-state index contributed by atoms with van der Waals surface area (Å²) in [6.45, 7) is 6.70. The minimum atomic E-state index is -0.227. The number of aromatic nitrogens is 1. The van der Waals surface area contributed by atoms with Gasteiger partial charge >= 0.3 is 0 Å². The van der Waals surface area contributed by atoms with Crippen LogP contribution in [0.3, 0.4) is 0 Å². The monoisotopic (exact) mass is 390 g/mol. The normalized spacial score (nSPS) is 19.0. The van der Waals surface area contributed by atoms with Crippen molar-refractivity contribution in [2.24, 2.45) is 17.6 Å². The van der Waals surface area contributed by atoms with Gasteiger partial charge in [0, 0.05) is 24.8 Å². The van der Waals surface area contributed by atoms with Crippen molar-refractivity contribution in [2.45, 2.75) is 39.7 Å². The van der Waals surface area contributed by atoms with Gasteiger partial charge in [-0.25, -0.2) is 4.98 Å². The van der Waals surface area contributed by atoms with Crippen molar-refractivity contribution in [3.8, 4) is 0 Å². The molecule has 0 bridgehead atoms. The molecule has 1 aromatic heterocycles. The van der Waals surface area contributed by atoms with Crippen molar-refractivity contribution in [3.05, 3.63) is 23.9 Å². The SMILES string of the molecule is Cc1cccc(NC(=O)C2CCCN(C(=O)C(C)C(C)N)C2)n1.Cl.Cl. The maximum absolute atomic E-state index is 12.4. The number of rotatable bonds is 4. The zero-order chi connectivity index (χ0) is 17.0. The summed E-state index contributed by atoms with van der Waals surface area (Å²) < 4.78 is 0. The Morgan fingerprint density at radius 1 is 1.32 bits per heavy atom. The number of hydrogen-bond acceptors (Lipinski definition) is 4.